The molecular weight excluding hydrogens is 556 g/mol. The Morgan fingerprint density at radius 2 is 0.630 bits per heavy atom. The van der Waals surface area contributed by atoms with Gasteiger partial charge in [-0.1, -0.05) is 157 Å². The molecule has 218 valence electrons. The zero-order valence-electron chi connectivity index (χ0n) is 25.9. The fourth-order valence-corrected chi connectivity index (χ4v) is 6.62. The number of pyridine rings is 2. The first-order chi connectivity index (χ1) is 22.7. The van der Waals surface area contributed by atoms with Crippen molar-refractivity contribution >= 4 is 21.5 Å². The number of fused-ring (bicyclic) bond motifs is 2. The van der Waals surface area contributed by atoms with Gasteiger partial charge in [0.25, 0.3) is 0 Å². The average Bonchev–Trinajstić information content (AvgIpc) is 3.12. The van der Waals surface area contributed by atoms with Crippen LogP contribution in [0.25, 0.3) is 77.7 Å². The number of nitrogens with zero attached hydrogens (tertiary/aromatic N) is 2. The summed E-state index contributed by atoms with van der Waals surface area (Å²) in [5, 5.41) is 4.52. The standard InChI is InChI=1S/C44H32N2/c1-29-23-25-35-37(27-29)43(45-41(33-19-11-5-12-20-33)39(35)31-15-7-3-8-16-31)44-38-28-30(2)24-26-36(38)40(32-17-9-4-10-18-32)42(46-44)34-21-13-6-14-22-34/h3-28H,1-2H3. The van der Waals surface area contributed by atoms with E-state index >= 15 is 0 Å². The summed E-state index contributed by atoms with van der Waals surface area (Å²) in [6.07, 6.45) is 0. The molecule has 0 fully saturated rings. The second kappa shape index (κ2) is 11.6. The van der Waals surface area contributed by atoms with Crippen molar-refractivity contribution in [2.75, 3.05) is 0 Å². The summed E-state index contributed by atoms with van der Waals surface area (Å²) < 4.78 is 0. The third-order valence-electron chi connectivity index (χ3n) is 8.76. The van der Waals surface area contributed by atoms with Gasteiger partial charge in [0.05, 0.1) is 22.8 Å². The SMILES string of the molecule is Cc1ccc2c(-c3ccccc3)c(-c3ccccc3)nc(-c3nc(-c4ccccc4)c(-c4ccccc4)c4ccc(C)cc34)c2c1. The van der Waals surface area contributed by atoms with Crippen molar-refractivity contribution in [2.45, 2.75) is 13.8 Å². The molecule has 0 atom stereocenters. The van der Waals surface area contributed by atoms with E-state index in [-0.39, 0.29) is 0 Å². The molecule has 0 bridgehead atoms. The molecule has 0 radical (unpaired) electrons. The fourth-order valence-electron chi connectivity index (χ4n) is 6.62. The normalized spacial score (nSPS) is 11.3. The number of benzene rings is 6. The largest absolute Gasteiger partial charge is 0.245 e. The van der Waals surface area contributed by atoms with E-state index in [2.05, 4.69) is 172 Å². The van der Waals surface area contributed by atoms with E-state index in [4.69, 9.17) is 9.97 Å². The molecule has 0 spiro atoms. The highest BCUT2D eigenvalue weighted by Gasteiger charge is 2.23. The van der Waals surface area contributed by atoms with Gasteiger partial charge < -0.3 is 0 Å². The Bertz CT molecular complexity index is 2170. The second-order valence-corrected chi connectivity index (χ2v) is 11.9. The van der Waals surface area contributed by atoms with E-state index in [0.29, 0.717) is 0 Å². The van der Waals surface area contributed by atoms with Gasteiger partial charge >= 0.3 is 0 Å². The summed E-state index contributed by atoms with van der Waals surface area (Å²) in [4.78, 5) is 11.2. The molecule has 8 rings (SSSR count). The van der Waals surface area contributed by atoms with Gasteiger partial charge in [-0.05, 0) is 47.9 Å². The molecule has 8 aromatic rings. The van der Waals surface area contributed by atoms with Crippen LogP contribution in [0.1, 0.15) is 11.1 Å². The molecule has 0 amide bonds. The highest BCUT2D eigenvalue weighted by atomic mass is 14.8. The van der Waals surface area contributed by atoms with Gasteiger partial charge in [-0.3, -0.25) is 0 Å². The Morgan fingerprint density at radius 1 is 0.304 bits per heavy atom. The number of aromatic nitrogens is 2. The molecule has 6 aromatic carbocycles. The maximum atomic E-state index is 5.61. The molecule has 0 unspecified atom stereocenters. The molecule has 2 heterocycles. The van der Waals surface area contributed by atoms with Gasteiger partial charge in [-0.2, -0.15) is 0 Å². The van der Waals surface area contributed by atoms with Crippen LogP contribution >= 0.6 is 0 Å². The summed E-state index contributed by atoms with van der Waals surface area (Å²) in [6.45, 7) is 4.31. The summed E-state index contributed by atoms with van der Waals surface area (Å²) in [5.74, 6) is 0. The first-order valence-electron chi connectivity index (χ1n) is 15.8. The van der Waals surface area contributed by atoms with E-state index in [9.17, 15) is 0 Å². The van der Waals surface area contributed by atoms with Crippen LogP contribution in [0, 0.1) is 13.8 Å². The maximum absolute atomic E-state index is 5.61. The lowest BCUT2D eigenvalue weighted by molar-refractivity contribution is 1.28. The zero-order chi connectivity index (χ0) is 31.0. The Kier molecular flexibility index (Phi) is 6.96. The van der Waals surface area contributed by atoms with Crippen molar-refractivity contribution in [3.8, 4) is 56.2 Å². The summed E-state index contributed by atoms with van der Waals surface area (Å²) in [6, 6.07) is 55.8. The molecule has 0 aliphatic rings. The lowest BCUT2D eigenvalue weighted by Crippen LogP contribution is -2.01. The van der Waals surface area contributed by atoms with Gasteiger partial charge in [0.2, 0.25) is 0 Å². The van der Waals surface area contributed by atoms with Crippen LogP contribution in [0.15, 0.2) is 158 Å². The first-order valence-corrected chi connectivity index (χ1v) is 15.8. The van der Waals surface area contributed by atoms with Crippen molar-refractivity contribution in [1.29, 1.82) is 0 Å². The maximum Gasteiger partial charge on any atom is 0.0979 e. The lowest BCUT2D eigenvalue weighted by Gasteiger charge is -2.20. The number of hydrogen-bond acceptors (Lipinski definition) is 2. The van der Waals surface area contributed by atoms with Gasteiger partial charge in [0, 0.05) is 33.0 Å². The van der Waals surface area contributed by atoms with Crippen molar-refractivity contribution in [3.63, 3.8) is 0 Å². The monoisotopic (exact) mass is 588 g/mol. The third kappa shape index (κ3) is 4.85. The average molecular weight is 589 g/mol. The zero-order valence-corrected chi connectivity index (χ0v) is 25.9. The van der Waals surface area contributed by atoms with Crippen LogP contribution in [0.3, 0.4) is 0 Å². The molecule has 0 aliphatic carbocycles. The Labute approximate surface area is 269 Å². The van der Waals surface area contributed by atoms with Crippen LogP contribution in [0.4, 0.5) is 0 Å². The predicted molar refractivity (Wildman–Crippen MR) is 194 cm³/mol. The minimum Gasteiger partial charge on any atom is -0.245 e. The van der Waals surface area contributed by atoms with E-state index in [1.807, 2.05) is 0 Å². The minimum absolute atomic E-state index is 0.893. The summed E-state index contributed by atoms with van der Waals surface area (Å²) in [7, 11) is 0. The predicted octanol–water partition coefficient (Wildman–Crippen LogP) is 11.7. The van der Waals surface area contributed by atoms with E-state index in [0.717, 1.165) is 77.7 Å². The molecule has 0 aliphatic heterocycles. The first kappa shape index (κ1) is 27.7. The minimum atomic E-state index is 0.893. The topological polar surface area (TPSA) is 25.8 Å². The molecule has 46 heavy (non-hydrogen) atoms. The Hall–Kier alpha value is -5.86. The van der Waals surface area contributed by atoms with Crippen molar-refractivity contribution in [1.82, 2.24) is 9.97 Å². The number of aryl methyl sites for hydroxylation is 2. The quantitative estimate of drug-likeness (QED) is 0.200. The van der Waals surface area contributed by atoms with Gasteiger partial charge in [0.15, 0.2) is 0 Å². The number of rotatable bonds is 5. The van der Waals surface area contributed by atoms with Crippen LogP contribution in [-0.2, 0) is 0 Å². The van der Waals surface area contributed by atoms with Gasteiger partial charge in [0.1, 0.15) is 0 Å². The van der Waals surface area contributed by atoms with E-state index in [1.54, 1.807) is 0 Å². The second-order valence-electron chi connectivity index (χ2n) is 11.9. The molecular formula is C44H32N2. The van der Waals surface area contributed by atoms with E-state index < -0.39 is 0 Å². The number of hydrogen-bond donors (Lipinski definition) is 0. The summed E-state index contributed by atoms with van der Waals surface area (Å²) in [5.41, 5.74) is 12.8. The van der Waals surface area contributed by atoms with Crippen molar-refractivity contribution < 1.29 is 0 Å². The molecule has 0 N–H and O–H groups in total. The Morgan fingerprint density at radius 3 is 0.978 bits per heavy atom. The smallest absolute Gasteiger partial charge is 0.0979 e. The molecule has 2 heteroatoms. The molecule has 2 nitrogen and oxygen atoms in total. The Balaban J connectivity index is 1.56. The summed E-state index contributed by atoms with van der Waals surface area (Å²) >= 11 is 0. The van der Waals surface area contributed by atoms with Crippen LogP contribution in [0.2, 0.25) is 0 Å². The van der Waals surface area contributed by atoms with Crippen LogP contribution in [0.5, 0.6) is 0 Å². The molecule has 0 saturated heterocycles. The highest BCUT2D eigenvalue weighted by molar-refractivity contribution is 6.14. The van der Waals surface area contributed by atoms with Crippen LogP contribution < -0.4 is 0 Å². The van der Waals surface area contributed by atoms with Crippen molar-refractivity contribution in [3.05, 3.63) is 169 Å². The highest BCUT2D eigenvalue weighted by Crippen LogP contribution is 2.45. The van der Waals surface area contributed by atoms with Crippen LogP contribution in [-0.4, -0.2) is 9.97 Å². The van der Waals surface area contributed by atoms with Crippen molar-refractivity contribution in [2.24, 2.45) is 0 Å². The van der Waals surface area contributed by atoms with Gasteiger partial charge in [-0.15, -0.1) is 0 Å². The fraction of sp³-hybridized carbons (Fsp3) is 0.0455. The van der Waals surface area contributed by atoms with E-state index in [1.165, 1.54) is 11.1 Å². The van der Waals surface area contributed by atoms with Gasteiger partial charge in [-0.25, -0.2) is 9.97 Å². The molecule has 0 saturated carbocycles. The third-order valence-corrected chi connectivity index (χ3v) is 8.76. The lowest BCUT2D eigenvalue weighted by atomic mass is 9.89. The molecule has 2 aromatic heterocycles.